The molecule has 8 heteroatoms. The van der Waals surface area contributed by atoms with Gasteiger partial charge in [-0.2, -0.15) is 0 Å². The van der Waals surface area contributed by atoms with Crippen molar-refractivity contribution < 1.29 is 28.5 Å². The lowest BCUT2D eigenvalue weighted by Crippen LogP contribution is -2.42. The van der Waals surface area contributed by atoms with Gasteiger partial charge in [0.05, 0.1) is 26.2 Å². The van der Waals surface area contributed by atoms with Crippen molar-refractivity contribution in [2.45, 2.75) is 26.9 Å². The predicted molar refractivity (Wildman–Crippen MR) is 132 cm³/mol. The number of hydrazine groups is 1. The lowest BCUT2D eigenvalue weighted by Gasteiger charge is -2.12. The van der Waals surface area contributed by atoms with E-state index in [4.69, 9.17) is 18.9 Å². The van der Waals surface area contributed by atoms with E-state index in [1.54, 1.807) is 36.4 Å². The Kier molecular flexibility index (Phi) is 9.80. The fourth-order valence-corrected chi connectivity index (χ4v) is 3.08. The average molecular weight is 479 g/mol. The summed E-state index contributed by atoms with van der Waals surface area (Å²) in [6, 6.07) is 21.6. The number of benzene rings is 3. The van der Waals surface area contributed by atoms with Crippen LogP contribution in [0.1, 0.15) is 36.2 Å². The van der Waals surface area contributed by atoms with Crippen LogP contribution in [0.15, 0.2) is 72.8 Å². The molecule has 0 fully saturated rings. The molecule has 0 unspecified atom stereocenters. The number of nitrogens with one attached hydrogen (secondary N) is 2. The van der Waals surface area contributed by atoms with Crippen LogP contribution < -0.4 is 29.8 Å². The third-order valence-corrected chi connectivity index (χ3v) is 4.81. The highest BCUT2D eigenvalue weighted by molar-refractivity contribution is 5.95. The Hall–Kier alpha value is -4.20. The normalized spacial score (nSPS) is 10.2. The molecule has 3 aromatic carbocycles. The summed E-state index contributed by atoms with van der Waals surface area (Å²) in [7, 11) is 0. The molecule has 0 bridgehead atoms. The quantitative estimate of drug-likeness (QED) is 0.377. The standard InChI is InChI=1S/C27H30N2O6/c1-3-32-22-13-15-23(16-14-22)35-19-20-9-11-21(12-10-20)27(31)29-28-26(30)17-18-34-25-8-6-5-7-24(25)33-4-2/h5-16H,3-4,17-19H2,1-2H3,(H,28,30)(H,29,31). The van der Waals surface area contributed by atoms with Crippen LogP contribution in [-0.2, 0) is 11.4 Å². The van der Waals surface area contributed by atoms with Crippen molar-refractivity contribution in [3.63, 3.8) is 0 Å². The lowest BCUT2D eigenvalue weighted by atomic mass is 10.1. The van der Waals surface area contributed by atoms with E-state index in [-0.39, 0.29) is 18.9 Å². The Morgan fingerprint density at radius 2 is 1.29 bits per heavy atom. The molecular weight excluding hydrogens is 448 g/mol. The number of carbonyl (C=O) groups is 2. The first-order valence-electron chi connectivity index (χ1n) is 11.5. The minimum atomic E-state index is -0.417. The third-order valence-electron chi connectivity index (χ3n) is 4.81. The number of amides is 2. The van der Waals surface area contributed by atoms with Gasteiger partial charge in [0, 0.05) is 5.56 Å². The molecule has 0 saturated heterocycles. The molecule has 184 valence electrons. The van der Waals surface area contributed by atoms with Crippen molar-refractivity contribution in [2.24, 2.45) is 0 Å². The predicted octanol–water partition coefficient (Wildman–Crippen LogP) is 4.29. The van der Waals surface area contributed by atoms with Gasteiger partial charge in [-0.1, -0.05) is 24.3 Å². The van der Waals surface area contributed by atoms with Gasteiger partial charge in [-0.15, -0.1) is 0 Å². The van der Waals surface area contributed by atoms with Crippen LogP contribution in [0.2, 0.25) is 0 Å². The molecule has 0 aromatic heterocycles. The minimum absolute atomic E-state index is 0.0720. The number of rotatable bonds is 12. The molecule has 0 aliphatic rings. The van der Waals surface area contributed by atoms with Gasteiger partial charge in [-0.25, -0.2) is 0 Å². The van der Waals surface area contributed by atoms with Gasteiger partial charge in [-0.05, 0) is 67.9 Å². The summed E-state index contributed by atoms with van der Waals surface area (Å²) in [6.07, 6.45) is 0.0720. The van der Waals surface area contributed by atoms with Gasteiger partial charge in [-0.3, -0.25) is 20.4 Å². The largest absolute Gasteiger partial charge is 0.494 e. The molecule has 8 nitrogen and oxygen atoms in total. The Bertz CT molecular complexity index is 1080. The van der Waals surface area contributed by atoms with Crippen molar-refractivity contribution in [2.75, 3.05) is 19.8 Å². The van der Waals surface area contributed by atoms with Crippen LogP contribution >= 0.6 is 0 Å². The number of hydrogen-bond acceptors (Lipinski definition) is 6. The zero-order valence-electron chi connectivity index (χ0n) is 19.9. The monoisotopic (exact) mass is 478 g/mol. The smallest absolute Gasteiger partial charge is 0.269 e. The molecule has 35 heavy (non-hydrogen) atoms. The molecule has 0 heterocycles. The molecule has 3 rings (SSSR count). The highest BCUT2D eigenvalue weighted by Gasteiger charge is 2.09. The Morgan fingerprint density at radius 1 is 0.686 bits per heavy atom. The van der Waals surface area contributed by atoms with Gasteiger partial charge >= 0.3 is 0 Å². The topological polar surface area (TPSA) is 95.1 Å². The van der Waals surface area contributed by atoms with Gasteiger partial charge in [0.1, 0.15) is 18.1 Å². The summed E-state index contributed by atoms with van der Waals surface area (Å²) in [5.74, 6) is 1.92. The van der Waals surface area contributed by atoms with Crippen molar-refractivity contribution >= 4 is 11.8 Å². The molecule has 3 aromatic rings. The summed E-state index contributed by atoms with van der Waals surface area (Å²) in [5.41, 5.74) is 6.13. The van der Waals surface area contributed by atoms with Crippen LogP contribution in [0, 0.1) is 0 Å². The molecule has 0 radical (unpaired) electrons. The van der Waals surface area contributed by atoms with Gasteiger partial charge < -0.3 is 18.9 Å². The second-order valence-electron chi connectivity index (χ2n) is 7.37. The molecule has 0 spiro atoms. The number of hydrogen-bond donors (Lipinski definition) is 2. The van der Waals surface area contributed by atoms with Crippen LogP contribution in [0.4, 0.5) is 0 Å². The first kappa shape index (κ1) is 25.4. The Labute approximate surface area is 205 Å². The zero-order valence-corrected chi connectivity index (χ0v) is 19.9. The number of ether oxygens (including phenoxy) is 4. The second-order valence-corrected chi connectivity index (χ2v) is 7.37. The summed E-state index contributed by atoms with van der Waals surface area (Å²) in [5, 5.41) is 0. The van der Waals surface area contributed by atoms with Crippen LogP contribution in [0.3, 0.4) is 0 Å². The minimum Gasteiger partial charge on any atom is -0.494 e. The van der Waals surface area contributed by atoms with E-state index in [0.717, 1.165) is 17.1 Å². The van der Waals surface area contributed by atoms with Crippen LogP contribution in [0.25, 0.3) is 0 Å². The number of para-hydroxylation sites is 2. The van der Waals surface area contributed by atoms with Crippen molar-refractivity contribution in [1.29, 1.82) is 0 Å². The van der Waals surface area contributed by atoms with E-state index in [1.807, 2.05) is 50.2 Å². The highest BCUT2D eigenvalue weighted by Crippen LogP contribution is 2.26. The molecule has 0 atom stereocenters. The molecule has 0 aliphatic carbocycles. The van der Waals surface area contributed by atoms with Gasteiger partial charge in [0.15, 0.2) is 11.5 Å². The van der Waals surface area contributed by atoms with Crippen molar-refractivity contribution in [3.8, 4) is 23.0 Å². The second kappa shape index (κ2) is 13.5. The van der Waals surface area contributed by atoms with Crippen molar-refractivity contribution in [3.05, 3.63) is 83.9 Å². The van der Waals surface area contributed by atoms with Crippen LogP contribution in [-0.4, -0.2) is 31.6 Å². The first-order valence-corrected chi connectivity index (χ1v) is 11.5. The van der Waals surface area contributed by atoms with E-state index in [2.05, 4.69) is 10.9 Å². The summed E-state index contributed by atoms with van der Waals surface area (Å²) in [4.78, 5) is 24.4. The van der Waals surface area contributed by atoms with E-state index in [0.29, 0.717) is 36.9 Å². The SMILES string of the molecule is CCOc1ccc(OCc2ccc(C(=O)NNC(=O)CCOc3ccccc3OCC)cc2)cc1. The maximum Gasteiger partial charge on any atom is 0.269 e. The fraction of sp³-hybridized carbons (Fsp3) is 0.259. The molecular formula is C27H30N2O6. The highest BCUT2D eigenvalue weighted by atomic mass is 16.5. The Morgan fingerprint density at radius 3 is 1.91 bits per heavy atom. The maximum absolute atomic E-state index is 12.3. The van der Waals surface area contributed by atoms with Gasteiger partial charge in [0.2, 0.25) is 5.91 Å². The molecule has 2 amide bonds. The molecule has 0 saturated carbocycles. The van der Waals surface area contributed by atoms with E-state index < -0.39 is 5.91 Å². The Balaban J connectivity index is 1.38. The summed E-state index contributed by atoms with van der Waals surface area (Å²) >= 11 is 0. The summed E-state index contributed by atoms with van der Waals surface area (Å²) in [6.45, 7) is 5.46. The average Bonchev–Trinajstić information content (AvgIpc) is 2.88. The number of carbonyl (C=O) groups excluding carboxylic acids is 2. The zero-order chi connectivity index (χ0) is 24.9. The van der Waals surface area contributed by atoms with E-state index in [9.17, 15) is 9.59 Å². The molecule has 0 aliphatic heterocycles. The van der Waals surface area contributed by atoms with Gasteiger partial charge in [0.25, 0.3) is 5.91 Å². The molecule has 2 N–H and O–H groups in total. The maximum atomic E-state index is 12.3. The lowest BCUT2D eigenvalue weighted by molar-refractivity contribution is -0.122. The van der Waals surface area contributed by atoms with Crippen molar-refractivity contribution in [1.82, 2.24) is 10.9 Å². The fourth-order valence-electron chi connectivity index (χ4n) is 3.08. The van der Waals surface area contributed by atoms with Crippen LogP contribution in [0.5, 0.6) is 23.0 Å². The summed E-state index contributed by atoms with van der Waals surface area (Å²) < 4.78 is 22.3. The first-order chi connectivity index (χ1) is 17.1. The third kappa shape index (κ3) is 8.26. The van der Waals surface area contributed by atoms with E-state index in [1.165, 1.54) is 0 Å². The van der Waals surface area contributed by atoms with E-state index >= 15 is 0 Å².